The zero-order valence-corrected chi connectivity index (χ0v) is 13.8. The number of aromatic nitrogens is 2. The number of benzene rings is 2. The number of para-hydroxylation sites is 2. The van der Waals surface area contributed by atoms with Crippen LogP contribution in [0.2, 0.25) is 10.0 Å². The van der Waals surface area contributed by atoms with Crippen LogP contribution < -0.4 is 11.1 Å². The molecule has 5 nitrogen and oxygen atoms in total. The summed E-state index contributed by atoms with van der Waals surface area (Å²) in [5.74, 6) is 0.898. The molecule has 118 valence electrons. The van der Waals surface area contributed by atoms with E-state index in [1.807, 2.05) is 30.3 Å². The Morgan fingerprint density at radius 3 is 2.75 bits per heavy atom. The molecule has 0 radical (unpaired) electrons. The molecule has 0 aliphatic carbocycles. The van der Waals surface area contributed by atoms with Gasteiger partial charge in [0.05, 0.1) is 32.7 Å². The molecule has 1 unspecified atom stereocenters. The van der Waals surface area contributed by atoms with Crippen LogP contribution in [-0.2, 0) is 0 Å². The first-order chi connectivity index (χ1) is 11.6. The predicted octanol–water partition coefficient (Wildman–Crippen LogP) is 4.16. The highest BCUT2D eigenvalue weighted by Gasteiger charge is 2.31. The van der Waals surface area contributed by atoms with Crippen LogP contribution in [0.5, 0.6) is 0 Å². The standard InChI is InChI=1S/C17H11Cl2N5/c18-11-5-3-4-9(14(11)19)15-10(8-20)16(21)24-13-7-2-1-6-12(13)22-17(24)23-15/h1-7,15H,21H2,(H,22,23). The van der Waals surface area contributed by atoms with Crippen LogP contribution in [0, 0.1) is 11.3 Å². The third-order valence-electron chi connectivity index (χ3n) is 4.05. The van der Waals surface area contributed by atoms with Crippen molar-refractivity contribution >= 4 is 46.0 Å². The Morgan fingerprint density at radius 2 is 1.96 bits per heavy atom. The van der Waals surface area contributed by atoms with Crippen LogP contribution in [0.15, 0.2) is 48.0 Å². The van der Waals surface area contributed by atoms with Gasteiger partial charge in [0.15, 0.2) is 0 Å². The molecule has 0 amide bonds. The molecule has 1 atom stereocenters. The van der Waals surface area contributed by atoms with Gasteiger partial charge in [-0.1, -0.05) is 47.5 Å². The summed E-state index contributed by atoms with van der Waals surface area (Å²) >= 11 is 12.4. The van der Waals surface area contributed by atoms with E-state index in [1.54, 1.807) is 16.7 Å². The van der Waals surface area contributed by atoms with Gasteiger partial charge in [-0.2, -0.15) is 5.26 Å². The van der Waals surface area contributed by atoms with Gasteiger partial charge in [-0.05, 0) is 23.8 Å². The first-order valence-corrected chi connectivity index (χ1v) is 7.95. The fourth-order valence-corrected chi connectivity index (χ4v) is 3.35. The lowest BCUT2D eigenvalue weighted by atomic mass is 9.98. The van der Waals surface area contributed by atoms with Crippen LogP contribution in [0.25, 0.3) is 16.9 Å². The molecule has 4 rings (SSSR count). The largest absolute Gasteiger partial charge is 0.384 e. The summed E-state index contributed by atoms with van der Waals surface area (Å²) in [7, 11) is 0. The maximum Gasteiger partial charge on any atom is 0.210 e. The summed E-state index contributed by atoms with van der Waals surface area (Å²) in [5.41, 5.74) is 8.97. The number of rotatable bonds is 1. The van der Waals surface area contributed by atoms with Gasteiger partial charge < -0.3 is 11.1 Å². The molecular formula is C17H11Cl2N5. The number of hydrogen-bond acceptors (Lipinski definition) is 4. The molecule has 7 heteroatoms. The van der Waals surface area contributed by atoms with Crippen LogP contribution >= 0.6 is 23.2 Å². The minimum atomic E-state index is -0.509. The van der Waals surface area contributed by atoms with Gasteiger partial charge in [-0.25, -0.2) is 4.98 Å². The average Bonchev–Trinajstić information content (AvgIpc) is 2.96. The summed E-state index contributed by atoms with van der Waals surface area (Å²) in [5, 5.41) is 13.7. The van der Waals surface area contributed by atoms with E-state index in [9.17, 15) is 5.26 Å². The van der Waals surface area contributed by atoms with Crippen molar-refractivity contribution in [1.29, 1.82) is 5.26 Å². The highest BCUT2D eigenvalue weighted by molar-refractivity contribution is 6.42. The van der Waals surface area contributed by atoms with E-state index in [4.69, 9.17) is 28.9 Å². The number of halogens is 2. The van der Waals surface area contributed by atoms with Crippen molar-refractivity contribution in [1.82, 2.24) is 9.55 Å². The van der Waals surface area contributed by atoms with E-state index in [1.165, 1.54) is 0 Å². The van der Waals surface area contributed by atoms with Crippen molar-refractivity contribution in [3.8, 4) is 6.07 Å². The molecule has 0 saturated carbocycles. The number of nitrogens with two attached hydrogens (primary N) is 1. The quantitative estimate of drug-likeness (QED) is 0.686. The zero-order valence-electron chi connectivity index (χ0n) is 12.3. The van der Waals surface area contributed by atoms with Crippen LogP contribution in [0.3, 0.4) is 0 Å². The second kappa shape index (κ2) is 5.45. The van der Waals surface area contributed by atoms with Gasteiger partial charge in [0.25, 0.3) is 0 Å². The van der Waals surface area contributed by atoms with E-state index >= 15 is 0 Å². The lowest BCUT2D eigenvalue weighted by molar-refractivity contribution is 0.857. The molecule has 2 heterocycles. The minimum absolute atomic E-state index is 0.334. The molecule has 0 bridgehead atoms. The third-order valence-corrected chi connectivity index (χ3v) is 4.89. The fraction of sp³-hybridized carbons (Fsp3) is 0.0588. The van der Waals surface area contributed by atoms with Gasteiger partial charge in [0.1, 0.15) is 11.9 Å². The van der Waals surface area contributed by atoms with Crippen LogP contribution in [-0.4, -0.2) is 9.55 Å². The van der Waals surface area contributed by atoms with E-state index in [-0.39, 0.29) is 0 Å². The zero-order chi connectivity index (χ0) is 16.8. The number of nitrogens with one attached hydrogen (secondary N) is 1. The van der Waals surface area contributed by atoms with Crippen molar-refractivity contribution in [3.05, 3.63) is 63.6 Å². The number of anilines is 1. The number of hydrogen-bond donors (Lipinski definition) is 2. The summed E-state index contributed by atoms with van der Waals surface area (Å²) in [6.45, 7) is 0. The van der Waals surface area contributed by atoms with Crippen LogP contribution in [0.4, 0.5) is 5.95 Å². The monoisotopic (exact) mass is 355 g/mol. The molecule has 0 fully saturated rings. The van der Waals surface area contributed by atoms with Crippen molar-refractivity contribution < 1.29 is 0 Å². The summed E-state index contributed by atoms with van der Waals surface area (Å²) in [6, 6.07) is 14.6. The molecule has 0 spiro atoms. The first-order valence-electron chi connectivity index (χ1n) is 7.20. The molecule has 1 aliphatic rings. The summed E-state index contributed by atoms with van der Waals surface area (Å²) in [6.07, 6.45) is 0. The van der Waals surface area contributed by atoms with E-state index < -0.39 is 6.04 Å². The maximum atomic E-state index is 9.65. The van der Waals surface area contributed by atoms with Crippen molar-refractivity contribution in [2.45, 2.75) is 6.04 Å². The van der Waals surface area contributed by atoms with E-state index in [0.29, 0.717) is 33.0 Å². The number of imidazole rings is 1. The predicted molar refractivity (Wildman–Crippen MR) is 95.6 cm³/mol. The molecule has 1 aromatic heterocycles. The number of nitrogens with zero attached hydrogens (tertiary/aromatic N) is 3. The Kier molecular flexibility index (Phi) is 3.38. The molecule has 3 aromatic rings. The first kappa shape index (κ1) is 14.9. The van der Waals surface area contributed by atoms with Gasteiger partial charge in [-0.15, -0.1) is 0 Å². The Bertz CT molecular complexity index is 1040. The SMILES string of the molecule is N#CC1=C(N)n2c(nc3ccccc32)NC1c1cccc(Cl)c1Cl. The Balaban J connectivity index is 1.96. The smallest absolute Gasteiger partial charge is 0.210 e. The van der Waals surface area contributed by atoms with Crippen molar-refractivity contribution in [2.75, 3.05) is 5.32 Å². The number of fused-ring (bicyclic) bond motifs is 3. The molecular weight excluding hydrogens is 345 g/mol. The maximum absolute atomic E-state index is 9.65. The highest BCUT2D eigenvalue weighted by atomic mass is 35.5. The van der Waals surface area contributed by atoms with Crippen molar-refractivity contribution in [3.63, 3.8) is 0 Å². The van der Waals surface area contributed by atoms with Gasteiger partial charge >= 0.3 is 0 Å². The molecule has 0 saturated heterocycles. The highest BCUT2D eigenvalue weighted by Crippen LogP contribution is 2.40. The molecule has 2 aromatic carbocycles. The van der Waals surface area contributed by atoms with Crippen LogP contribution in [0.1, 0.15) is 11.6 Å². The summed E-state index contributed by atoms with van der Waals surface area (Å²) in [4.78, 5) is 4.55. The van der Waals surface area contributed by atoms with Gasteiger partial charge in [0.2, 0.25) is 5.95 Å². The molecule has 1 aliphatic heterocycles. The normalized spacial score (nSPS) is 16.6. The van der Waals surface area contributed by atoms with Crippen molar-refractivity contribution in [2.24, 2.45) is 5.73 Å². The van der Waals surface area contributed by atoms with E-state index in [2.05, 4.69) is 16.4 Å². The Morgan fingerprint density at radius 1 is 1.17 bits per heavy atom. The lowest BCUT2D eigenvalue weighted by Gasteiger charge is -2.27. The second-order valence-electron chi connectivity index (χ2n) is 5.39. The van der Waals surface area contributed by atoms with E-state index in [0.717, 1.165) is 11.0 Å². The topological polar surface area (TPSA) is 79.7 Å². The van der Waals surface area contributed by atoms with Gasteiger partial charge in [0, 0.05) is 0 Å². The molecule has 24 heavy (non-hydrogen) atoms. The minimum Gasteiger partial charge on any atom is -0.384 e. The third kappa shape index (κ3) is 2.04. The number of nitriles is 1. The Labute approximate surface area is 147 Å². The summed E-state index contributed by atoms with van der Waals surface area (Å²) < 4.78 is 1.74. The fourth-order valence-electron chi connectivity index (χ4n) is 2.93. The Hall–Kier alpha value is -2.68. The second-order valence-corrected chi connectivity index (χ2v) is 6.18. The van der Waals surface area contributed by atoms with Gasteiger partial charge in [-0.3, -0.25) is 4.57 Å². The molecule has 3 N–H and O–H groups in total. The lowest BCUT2D eigenvalue weighted by Crippen LogP contribution is -2.26. The average molecular weight is 356 g/mol.